The number of rotatable bonds is 9. The van der Waals surface area contributed by atoms with Crippen molar-refractivity contribution < 1.29 is 28.9 Å². The highest BCUT2D eigenvalue weighted by Crippen LogP contribution is 2.42. The van der Waals surface area contributed by atoms with Crippen molar-refractivity contribution in [3.8, 4) is 28.1 Å². The molecule has 0 saturated carbocycles. The number of aliphatic hydroxyl groups excluding tert-OH is 1. The van der Waals surface area contributed by atoms with E-state index in [0.717, 1.165) is 17.0 Å². The molecule has 4 N–H and O–H groups in total. The molecule has 0 radical (unpaired) electrons. The number of hydrogen-bond donors (Lipinski definition) is 4. The van der Waals surface area contributed by atoms with Gasteiger partial charge in [-0.25, -0.2) is 4.39 Å². The number of nitrogens with zero attached hydrogens (tertiary/aromatic N) is 1. The normalized spacial score (nSPS) is 16.7. The number of halogens is 1. The van der Waals surface area contributed by atoms with Crippen molar-refractivity contribution in [1.29, 1.82) is 0 Å². The lowest BCUT2D eigenvalue weighted by Crippen LogP contribution is -2.33. The van der Waals surface area contributed by atoms with E-state index in [0.29, 0.717) is 41.8 Å². The van der Waals surface area contributed by atoms with Crippen LogP contribution in [-0.2, 0) is 16.1 Å². The number of para-hydroxylation sites is 2. The number of carbonyl (C=O) groups excluding carboxylic acids is 2. The third-order valence-corrected chi connectivity index (χ3v) is 7.38. The summed E-state index contributed by atoms with van der Waals surface area (Å²) in [6, 6.07) is 22.2. The van der Waals surface area contributed by atoms with Crippen molar-refractivity contribution in [2.24, 2.45) is 0 Å². The summed E-state index contributed by atoms with van der Waals surface area (Å²) < 4.78 is 21.6. The molecule has 1 aromatic heterocycles. The second-order valence-electron chi connectivity index (χ2n) is 10.8. The molecule has 0 bridgehead atoms. The number of phenolic OH excluding ortho intramolecular Hbond substituents is 1. The molecule has 0 aliphatic carbocycles. The van der Waals surface area contributed by atoms with Crippen LogP contribution >= 0.6 is 0 Å². The van der Waals surface area contributed by atoms with E-state index >= 15 is 0 Å². The van der Waals surface area contributed by atoms with Crippen molar-refractivity contribution in [2.45, 2.75) is 57.8 Å². The second kappa shape index (κ2) is 12.5. The van der Waals surface area contributed by atoms with Crippen LogP contribution in [0.1, 0.15) is 55.1 Å². The Bertz CT molecular complexity index is 1570. The number of aromatic nitrogens is 1. The Hall–Kier alpha value is -4.63. The molecule has 3 aromatic carbocycles. The van der Waals surface area contributed by atoms with Crippen LogP contribution in [0.4, 0.5) is 10.1 Å². The number of esters is 1. The van der Waals surface area contributed by atoms with Gasteiger partial charge in [0.1, 0.15) is 17.7 Å². The van der Waals surface area contributed by atoms with Gasteiger partial charge in [0, 0.05) is 30.6 Å². The van der Waals surface area contributed by atoms with Gasteiger partial charge >= 0.3 is 5.97 Å². The Morgan fingerprint density at radius 2 is 1.71 bits per heavy atom. The first-order valence-corrected chi connectivity index (χ1v) is 14.0. The quantitative estimate of drug-likeness (QED) is 0.111. The number of aromatic hydroxyl groups is 1. The van der Waals surface area contributed by atoms with Crippen molar-refractivity contribution in [3.05, 3.63) is 95.9 Å². The predicted octanol–water partition coefficient (Wildman–Crippen LogP) is 6.00. The monoisotopic (exact) mass is 571 g/mol. The highest BCUT2D eigenvalue weighted by atomic mass is 19.1. The van der Waals surface area contributed by atoms with Gasteiger partial charge in [0.25, 0.3) is 5.91 Å². The molecule has 1 fully saturated rings. The number of nitrogens with one attached hydrogen (secondary N) is 2. The SMILES string of the molecule is CC(C)c1c(C(=O)NNc2ccccc2O)c(-c2ccccc2)c(-c2ccc(F)cc2)n1CC[C@@H]1C[C@@H](O)CC(=O)O1. The molecular formula is C33H34FN3O5. The minimum Gasteiger partial charge on any atom is -0.506 e. The van der Waals surface area contributed by atoms with E-state index in [1.54, 1.807) is 30.3 Å². The molecule has 9 heteroatoms. The fraction of sp³-hybridized carbons (Fsp3) is 0.273. The topological polar surface area (TPSA) is 113 Å². The number of aliphatic hydroxyl groups is 1. The average molecular weight is 572 g/mol. The Kier molecular flexibility index (Phi) is 8.59. The fourth-order valence-electron chi connectivity index (χ4n) is 5.57. The van der Waals surface area contributed by atoms with Crippen molar-refractivity contribution in [1.82, 2.24) is 9.99 Å². The standard InChI is InChI=1S/C33H34FN3O5/c1-20(2)31-30(33(41)36-35-26-10-6-7-11-27(26)39)29(21-8-4-3-5-9-21)32(22-12-14-23(34)15-13-22)37(31)17-16-25-18-24(38)19-28(40)42-25/h3-15,20,24-25,35,38-39H,16-19H2,1-2H3,(H,36,41)/t24-,25-/m1/s1. The van der Waals surface area contributed by atoms with E-state index < -0.39 is 24.1 Å². The number of hydrazine groups is 1. The number of benzene rings is 3. The van der Waals surface area contributed by atoms with Crippen LogP contribution in [0.5, 0.6) is 5.75 Å². The Morgan fingerprint density at radius 1 is 1.02 bits per heavy atom. The van der Waals surface area contributed by atoms with Gasteiger partial charge < -0.3 is 19.5 Å². The number of cyclic esters (lactones) is 1. The highest BCUT2D eigenvalue weighted by molar-refractivity contribution is 6.07. The van der Waals surface area contributed by atoms with E-state index in [2.05, 4.69) is 10.9 Å². The zero-order valence-electron chi connectivity index (χ0n) is 23.5. The van der Waals surface area contributed by atoms with E-state index in [-0.39, 0.29) is 23.9 Å². The minimum absolute atomic E-state index is 0.0149. The van der Waals surface area contributed by atoms with Crippen LogP contribution in [0.25, 0.3) is 22.4 Å². The highest BCUT2D eigenvalue weighted by Gasteiger charge is 2.32. The molecule has 1 aliphatic rings. The van der Waals surface area contributed by atoms with E-state index in [1.165, 1.54) is 18.2 Å². The smallest absolute Gasteiger partial charge is 0.308 e. The summed E-state index contributed by atoms with van der Waals surface area (Å²) in [5.74, 6) is -1.36. The van der Waals surface area contributed by atoms with Gasteiger partial charge in [-0.3, -0.25) is 20.4 Å². The van der Waals surface area contributed by atoms with Crippen LogP contribution in [0, 0.1) is 5.82 Å². The molecule has 218 valence electrons. The summed E-state index contributed by atoms with van der Waals surface area (Å²) in [6.07, 6.45) is -0.519. The first-order chi connectivity index (χ1) is 20.2. The van der Waals surface area contributed by atoms with Crippen LogP contribution in [0.15, 0.2) is 78.9 Å². The summed E-state index contributed by atoms with van der Waals surface area (Å²) >= 11 is 0. The third kappa shape index (κ3) is 6.16. The van der Waals surface area contributed by atoms with Gasteiger partial charge in [0.15, 0.2) is 0 Å². The Morgan fingerprint density at radius 3 is 2.38 bits per heavy atom. The van der Waals surface area contributed by atoms with Gasteiger partial charge in [0.05, 0.1) is 29.5 Å². The van der Waals surface area contributed by atoms with E-state index in [4.69, 9.17) is 4.74 Å². The lowest BCUT2D eigenvalue weighted by atomic mass is 9.94. The molecular weight excluding hydrogens is 537 g/mol. The van der Waals surface area contributed by atoms with Crippen molar-refractivity contribution >= 4 is 17.6 Å². The Balaban J connectivity index is 1.66. The molecule has 2 heterocycles. The van der Waals surface area contributed by atoms with Crippen LogP contribution < -0.4 is 10.9 Å². The van der Waals surface area contributed by atoms with Gasteiger partial charge in [-0.05, 0) is 53.4 Å². The number of anilines is 1. The summed E-state index contributed by atoms with van der Waals surface area (Å²) in [5.41, 5.74) is 10.0. The number of ether oxygens (including phenoxy) is 1. The molecule has 1 aliphatic heterocycles. The molecule has 4 aromatic rings. The maximum absolute atomic E-state index is 14.1. The summed E-state index contributed by atoms with van der Waals surface area (Å²) in [4.78, 5) is 26.1. The fourth-order valence-corrected chi connectivity index (χ4v) is 5.57. The minimum atomic E-state index is -0.760. The van der Waals surface area contributed by atoms with Gasteiger partial charge in [-0.2, -0.15) is 0 Å². The number of phenols is 1. The van der Waals surface area contributed by atoms with E-state index in [1.807, 2.05) is 48.7 Å². The van der Waals surface area contributed by atoms with Gasteiger partial charge in [0.2, 0.25) is 0 Å². The molecule has 5 rings (SSSR count). The lowest BCUT2D eigenvalue weighted by molar-refractivity contribution is -0.160. The first-order valence-electron chi connectivity index (χ1n) is 14.0. The molecule has 0 spiro atoms. The second-order valence-corrected chi connectivity index (χ2v) is 10.8. The number of amides is 1. The van der Waals surface area contributed by atoms with Crippen LogP contribution in [0.3, 0.4) is 0 Å². The number of carbonyl (C=O) groups is 2. The average Bonchev–Trinajstić information content (AvgIpc) is 3.31. The van der Waals surface area contributed by atoms with Gasteiger partial charge in [-0.1, -0.05) is 56.3 Å². The van der Waals surface area contributed by atoms with Crippen molar-refractivity contribution in [3.63, 3.8) is 0 Å². The van der Waals surface area contributed by atoms with E-state index in [9.17, 15) is 24.2 Å². The molecule has 1 amide bonds. The summed E-state index contributed by atoms with van der Waals surface area (Å²) in [6.45, 7) is 4.37. The van der Waals surface area contributed by atoms with Crippen LogP contribution in [-0.4, -0.2) is 38.9 Å². The van der Waals surface area contributed by atoms with Crippen LogP contribution in [0.2, 0.25) is 0 Å². The number of hydrogen-bond acceptors (Lipinski definition) is 6. The Labute approximate surface area is 243 Å². The summed E-state index contributed by atoms with van der Waals surface area (Å²) in [5, 5.41) is 20.4. The predicted molar refractivity (Wildman–Crippen MR) is 158 cm³/mol. The first kappa shape index (κ1) is 28.9. The molecule has 1 saturated heterocycles. The summed E-state index contributed by atoms with van der Waals surface area (Å²) in [7, 11) is 0. The molecule has 8 nitrogen and oxygen atoms in total. The largest absolute Gasteiger partial charge is 0.506 e. The molecule has 2 atom stereocenters. The maximum atomic E-state index is 14.1. The van der Waals surface area contributed by atoms with Gasteiger partial charge in [-0.15, -0.1) is 0 Å². The van der Waals surface area contributed by atoms with Crippen molar-refractivity contribution in [2.75, 3.05) is 5.43 Å². The maximum Gasteiger partial charge on any atom is 0.308 e. The zero-order chi connectivity index (χ0) is 29.8. The molecule has 0 unspecified atom stereocenters. The lowest BCUT2D eigenvalue weighted by Gasteiger charge is -2.27. The third-order valence-electron chi connectivity index (χ3n) is 7.38. The molecule has 42 heavy (non-hydrogen) atoms. The zero-order valence-corrected chi connectivity index (χ0v) is 23.5.